The van der Waals surface area contributed by atoms with Gasteiger partial charge in [-0.05, 0) is 0 Å². The van der Waals surface area contributed by atoms with Crippen LogP contribution in [0.3, 0.4) is 0 Å². The maximum atomic E-state index is 8.62. The fraction of sp³-hybridized carbons (Fsp3) is 0. The molecule has 4 nitrogen and oxygen atoms in total. The van der Waals surface area contributed by atoms with Crippen LogP contribution in [0.25, 0.3) is 0 Å². The number of hydrogen-bond acceptors (Lipinski definition) is 4. The van der Waals surface area contributed by atoms with Crippen LogP contribution in [0.2, 0.25) is 0 Å². The first-order valence-electron chi connectivity index (χ1n) is 0.617. The Balaban J connectivity index is -0.0000000800. The molecule has 0 radical (unpaired) electrons. The molecule has 0 bridgehead atoms. The van der Waals surface area contributed by atoms with Gasteiger partial charge in [0.2, 0.25) is 0 Å². The molecule has 0 aromatic heterocycles. The molecule has 0 aromatic rings. The van der Waals surface area contributed by atoms with E-state index in [1.54, 1.807) is 0 Å². The van der Waals surface area contributed by atoms with Crippen molar-refractivity contribution in [2.75, 3.05) is 0 Å². The van der Waals surface area contributed by atoms with Crippen molar-refractivity contribution in [1.82, 2.24) is 0 Å². The second-order valence-corrected chi connectivity index (χ2v) is 2.54. The number of halogens is 1. The Morgan fingerprint density at radius 2 is 0.857 bits per heavy atom. The molecule has 0 aliphatic rings. The molecule has 0 aliphatic carbocycles. The zero-order valence-electron chi connectivity index (χ0n) is 3.01. The van der Waals surface area contributed by atoms with Gasteiger partial charge in [0.1, 0.15) is 20.1 Å². The Morgan fingerprint density at radius 1 is 0.857 bits per heavy atom. The van der Waals surface area contributed by atoms with Crippen LogP contribution in [0.5, 0.6) is 0 Å². The Kier molecular flexibility index (Phi) is 17.4. The SMILES string of the molecule is [K+].[NaH].[O-][I+3]([O-])([O-])[O-]. The second kappa shape index (κ2) is 7.31. The molecule has 7 heavy (non-hydrogen) atoms. The zero-order chi connectivity index (χ0) is 4.50. The van der Waals surface area contributed by atoms with E-state index in [1.165, 1.54) is 0 Å². The van der Waals surface area contributed by atoms with E-state index in [4.69, 9.17) is 13.7 Å². The van der Waals surface area contributed by atoms with Gasteiger partial charge in [-0.3, -0.25) is 13.7 Å². The molecule has 0 amide bonds. The summed E-state index contributed by atoms with van der Waals surface area (Å²) in [5.41, 5.74) is 0. The minimum absolute atomic E-state index is 0. The topological polar surface area (TPSA) is 92.2 Å². The van der Waals surface area contributed by atoms with Gasteiger partial charge in [-0.1, -0.05) is 0 Å². The minimum Gasteiger partial charge on any atom is -0.286 e. The van der Waals surface area contributed by atoms with Crippen LogP contribution in [-0.2, 0) is 0 Å². The van der Waals surface area contributed by atoms with E-state index in [0.717, 1.165) is 0 Å². The Morgan fingerprint density at radius 3 is 0.857 bits per heavy atom. The van der Waals surface area contributed by atoms with Gasteiger partial charge >= 0.3 is 80.9 Å². The maximum Gasteiger partial charge on any atom is 0.144 e. The quantitative estimate of drug-likeness (QED) is 0.317. The van der Waals surface area contributed by atoms with Crippen molar-refractivity contribution < 1.29 is 85.2 Å². The van der Waals surface area contributed by atoms with Crippen molar-refractivity contribution >= 4 is 29.6 Å². The van der Waals surface area contributed by atoms with Crippen LogP contribution in [0.1, 0.15) is 0 Å². The van der Waals surface area contributed by atoms with E-state index in [9.17, 15) is 0 Å². The summed E-state index contributed by atoms with van der Waals surface area (Å²) in [5.74, 6) is 0. The molecule has 0 atom stereocenters. The molecule has 0 spiro atoms. The Hall–Kier alpha value is 3.21. The summed E-state index contributed by atoms with van der Waals surface area (Å²) in [6.07, 6.45) is 0. The average Bonchev–Trinajstić information content (AvgIpc) is 0.722. The average molecular weight is 254 g/mol. The van der Waals surface area contributed by atoms with Gasteiger partial charge in [0, 0.05) is 0 Å². The predicted molar refractivity (Wildman–Crippen MR) is 7.15 cm³/mol. The van der Waals surface area contributed by atoms with E-state index in [1.807, 2.05) is 0 Å². The molecular formula is HIKNaO4. The van der Waals surface area contributed by atoms with Crippen LogP contribution in [0, 0.1) is 0 Å². The third-order valence-electron chi connectivity index (χ3n) is 0. The van der Waals surface area contributed by atoms with Gasteiger partial charge in [-0.15, -0.1) is 0 Å². The first-order chi connectivity index (χ1) is 2.00. The summed E-state index contributed by atoms with van der Waals surface area (Å²) in [6, 6.07) is 0. The van der Waals surface area contributed by atoms with Crippen LogP contribution < -0.4 is 85.2 Å². The molecule has 0 N–H and O–H groups in total. The monoisotopic (exact) mass is 254 g/mol. The molecular weight excluding hydrogens is 253 g/mol. The fourth-order valence-corrected chi connectivity index (χ4v) is 0. The summed E-state index contributed by atoms with van der Waals surface area (Å²) >= 11 is -5.94. The van der Waals surface area contributed by atoms with E-state index in [-0.39, 0.29) is 80.9 Å². The van der Waals surface area contributed by atoms with Crippen LogP contribution in [0.15, 0.2) is 0 Å². The van der Waals surface area contributed by atoms with Crippen molar-refractivity contribution in [2.45, 2.75) is 0 Å². The van der Waals surface area contributed by atoms with Gasteiger partial charge in [0.25, 0.3) is 0 Å². The summed E-state index contributed by atoms with van der Waals surface area (Å²) < 4.78 is 34.5. The fourth-order valence-electron chi connectivity index (χ4n) is 0. The molecule has 0 saturated carbocycles. The van der Waals surface area contributed by atoms with Gasteiger partial charge in [0.15, 0.2) is 0 Å². The Bertz CT molecular complexity index is 27.2. The Labute approximate surface area is 112 Å². The van der Waals surface area contributed by atoms with E-state index < -0.39 is 20.1 Å². The first-order valence-corrected chi connectivity index (χ1v) is 4.14. The molecule has 0 heterocycles. The molecule has 0 fully saturated rings. The number of rotatable bonds is 0. The van der Waals surface area contributed by atoms with Gasteiger partial charge < -0.3 is 0 Å². The third-order valence-corrected chi connectivity index (χ3v) is 0. The van der Waals surface area contributed by atoms with Crippen LogP contribution in [-0.4, -0.2) is 29.6 Å². The van der Waals surface area contributed by atoms with Crippen molar-refractivity contribution in [1.29, 1.82) is 0 Å². The van der Waals surface area contributed by atoms with Gasteiger partial charge in [-0.2, -0.15) is 0 Å². The largest absolute Gasteiger partial charge is 0.286 e. The van der Waals surface area contributed by atoms with Crippen molar-refractivity contribution in [3.8, 4) is 0 Å². The smallest absolute Gasteiger partial charge is 0.144 e. The molecule has 0 rings (SSSR count). The predicted octanol–water partition coefficient (Wildman–Crippen LogP) is -11.4. The van der Waals surface area contributed by atoms with Crippen LogP contribution in [0.4, 0.5) is 0 Å². The van der Waals surface area contributed by atoms with E-state index in [2.05, 4.69) is 0 Å². The molecule has 0 unspecified atom stereocenters. The summed E-state index contributed by atoms with van der Waals surface area (Å²) in [5, 5.41) is 0. The van der Waals surface area contributed by atoms with Crippen LogP contribution >= 0.6 is 0 Å². The summed E-state index contributed by atoms with van der Waals surface area (Å²) in [4.78, 5) is 0. The number of hydrogen-bond donors (Lipinski definition) is 0. The molecule has 7 heteroatoms. The maximum absolute atomic E-state index is 8.62. The van der Waals surface area contributed by atoms with E-state index >= 15 is 0 Å². The molecule has 0 aromatic carbocycles. The van der Waals surface area contributed by atoms with E-state index in [0.29, 0.717) is 0 Å². The zero-order valence-corrected chi connectivity index (χ0v) is 8.29. The first kappa shape index (κ1) is 16.7. The van der Waals surface area contributed by atoms with Crippen molar-refractivity contribution in [2.24, 2.45) is 0 Å². The van der Waals surface area contributed by atoms with Gasteiger partial charge in [-0.25, -0.2) is 0 Å². The van der Waals surface area contributed by atoms with Crippen molar-refractivity contribution in [3.05, 3.63) is 0 Å². The minimum atomic E-state index is -5.94. The standard InChI is InChI=1S/IO4.K.Na.H/c2-1(3,4)5;;;/q-1;+1;;. The molecule has 0 saturated heterocycles. The molecule has 0 aliphatic heterocycles. The summed E-state index contributed by atoms with van der Waals surface area (Å²) in [7, 11) is 0. The molecule has 34 valence electrons. The van der Waals surface area contributed by atoms with Crippen molar-refractivity contribution in [3.63, 3.8) is 0 Å². The van der Waals surface area contributed by atoms with Gasteiger partial charge in [0.05, 0.1) is 0 Å². The second-order valence-electron chi connectivity index (χ2n) is 0.378. The third kappa shape index (κ3) is 46.5. The summed E-state index contributed by atoms with van der Waals surface area (Å²) in [6.45, 7) is 0. The normalized spacial score (nSPS) is 8.57.